The van der Waals surface area contributed by atoms with Crippen molar-refractivity contribution in [1.29, 1.82) is 0 Å². The van der Waals surface area contributed by atoms with Gasteiger partial charge in [0.15, 0.2) is 42.1 Å². The van der Waals surface area contributed by atoms with Crippen molar-refractivity contribution in [1.82, 2.24) is 0 Å². The minimum Gasteiger partial charge on any atom is -0.467 e. The number of carbonyl (C=O) groups is 4. The SMILES string of the molecule is COCOc1cccc2c1C(=O)[C@H]1C[C@@]34O[C@@]3(C(=O)c3c(OCOC)cccc3C4=O)[C@@]1(C)C2=O. The highest BCUT2D eigenvalue weighted by Crippen LogP contribution is 2.76. The van der Waals surface area contributed by atoms with Crippen molar-refractivity contribution in [2.45, 2.75) is 24.5 Å². The third-order valence-electron chi connectivity index (χ3n) is 7.93. The highest BCUT2D eigenvalue weighted by atomic mass is 16.7. The zero-order valence-electron chi connectivity index (χ0n) is 19.3. The monoisotopic (exact) mass is 478 g/mol. The summed E-state index contributed by atoms with van der Waals surface area (Å²) in [6.45, 7) is 1.33. The number of carbonyl (C=O) groups excluding carboxylic acids is 4. The first kappa shape index (κ1) is 22.1. The van der Waals surface area contributed by atoms with Crippen LogP contribution in [0.25, 0.3) is 0 Å². The summed E-state index contributed by atoms with van der Waals surface area (Å²) < 4.78 is 27.1. The molecule has 0 aromatic heterocycles. The number of epoxide rings is 1. The van der Waals surface area contributed by atoms with E-state index in [2.05, 4.69) is 0 Å². The summed E-state index contributed by atoms with van der Waals surface area (Å²) in [5.41, 5.74) is -4.45. The molecule has 9 heteroatoms. The van der Waals surface area contributed by atoms with E-state index in [1.165, 1.54) is 26.4 Å². The predicted molar refractivity (Wildman–Crippen MR) is 118 cm³/mol. The first-order valence-corrected chi connectivity index (χ1v) is 11.2. The first-order valence-electron chi connectivity index (χ1n) is 11.2. The molecule has 35 heavy (non-hydrogen) atoms. The summed E-state index contributed by atoms with van der Waals surface area (Å²) in [5.74, 6) is -2.29. The fraction of sp³-hybridized carbons (Fsp3) is 0.385. The number of hydrogen-bond donors (Lipinski definition) is 0. The number of hydrogen-bond acceptors (Lipinski definition) is 9. The lowest BCUT2D eigenvalue weighted by Crippen LogP contribution is -2.56. The van der Waals surface area contributed by atoms with E-state index >= 15 is 0 Å². The van der Waals surface area contributed by atoms with Crippen molar-refractivity contribution >= 4 is 23.1 Å². The minimum atomic E-state index is -1.78. The van der Waals surface area contributed by atoms with E-state index in [4.69, 9.17) is 23.7 Å². The number of fused-ring (bicyclic) bond motifs is 3. The standard InChI is InChI=1S/C26H22O9/c1-24-15(20(27)18-13(21(24)28)6-4-8-16(18)33-11-31-2)10-25-22(29)14-7-5-9-17(34-12-32-3)19(14)23(30)26(24,25)35-25/h4-9,15H,10-12H2,1-3H3/t15-,24-,25+,26+/m1/s1. The number of methoxy groups -OCH3 is 2. The van der Waals surface area contributed by atoms with Crippen molar-refractivity contribution in [3.8, 4) is 11.5 Å². The Labute approximate surface area is 200 Å². The molecule has 2 aromatic carbocycles. The lowest BCUT2D eigenvalue weighted by atomic mass is 9.58. The predicted octanol–water partition coefficient (Wildman–Crippen LogP) is 2.64. The normalized spacial score (nSPS) is 31.8. The molecule has 6 rings (SSSR count). The molecule has 4 aliphatic rings. The van der Waals surface area contributed by atoms with Gasteiger partial charge in [0.2, 0.25) is 5.78 Å². The summed E-state index contributed by atoms with van der Waals surface area (Å²) in [6, 6.07) is 9.43. The van der Waals surface area contributed by atoms with Crippen LogP contribution in [-0.2, 0) is 14.2 Å². The van der Waals surface area contributed by atoms with Crippen molar-refractivity contribution in [2.75, 3.05) is 27.8 Å². The van der Waals surface area contributed by atoms with Gasteiger partial charge in [-0.1, -0.05) is 24.3 Å². The van der Waals surface area contributed by atoms with E-state index in [1.807, 2.05) is 0 Å². The van der Waals surface area contributed by atoms with Crippen LogP contribution in [0, 0.1) is 11.3 Å². The number of Topliss-reactive ketones (excluding diaryl/α,β-unsaturated/α-hetero) is 4. The molecule has 3 aliphatic carbocycles. The summed E-state index contributed by atoms with van der Waals surface area (Å²) in [5, 5.41) is 0. The summed E-state index contributed by atoms with van der Waals surface area (Å²) in [6.07, 6.45) is -0.0701. The van der Waals surface area contributed by atoms with Gasteiger partial charge in [-0.25, -0.2) is 0 Å². The molecular weight excluding hydrogens is 456 g/mol. The van der Waals surface area contributed by atoms with Crippen molar-refractivity contribution in [3.63, 3.8) is 0 Å². The first-order chi connectivity index (χ1) is 16.8. The molecule has 1 saturated carbocycles. The number of ether oxygens (including phenoxy) is 5. The molecule has 180 valence electrons. The molecule has 1 saturated heterocycles. The Morgan fingerprint density at radius 2 is 1.40 bits per heavy atom. The summed E-state index contributed by atoms with van der Waals surface area (Å²) in [7, 11) is 2.89. The zero-order chi connectivity index (χ0) is 24.8. The Morgan fingerprint density at radius 1 is 0.829 bits per heavy atom. The third kappa shape index (κ3) is 2.33. The van der Waals surface area contributed by atoms with E-state index in [0.29, 0.717) is 0 Å². The smallest absolute Gasteiger partial charge is 0.203 e. The lowest BCUT2D eigenvalue weighted by molar-refractivity contribution is 0.0251. The quantitative estimate of drug-likeness (QED) is 0.456. The van der Waals surface area contributed by atoms with Crippen molar-refractivity contribution in [2.24, 2.45) is 11.3 Å². The van der Waals surface area contributed by atoms with Gasteiger partial charge < -0.3 is 23.7 Å². The molecular formula is C26H22O9. The molecule has 4 atom stereocenters. The molecule has 0 unspecified atom stereocenters. The van der Waals surface area contributed by atoms with Crippen LogP contribution in [0.2, 0.25) is 0 Å². The van der Waals surface area contributed by atoms with Crippen LogP contribution >= 0.6 is 0 Å². The van der Waals surface area contributed by atoms with Gasteiger partial charge in [0.1, 0.15) is 11.5 Å². The van der Waals surface area contributed by atoms with E-state index in [0.717, 1.165) is 0 Å². The van der Waals surface area contributed by atoms with Gasteiger partial charge >= 0.3 is 0 Å². The van der Waals surface area contributed by atoms with Crippen LogP contribution in [0.15, 0.2) is 36.4 Å². The fourth-order valence-corrected chi connectivity index (χ4v) is 6.38. The lowest BCUT2D eigenvalue weighted by Gasteiger charge is -2.40. The largest absolute Gasteiger partial charge is 0.467 e. The number of benzene rings is 2. The van der Waals surface area contributed by atoms with Gasteiger partial charge in [-0.3, -0.25) is 19.2 Å². The Hall–Kier alpha value is -3.40. The molecule has 9 nitrogen and oxygen atoms in total. The van der Waals surface area contributed by atoms with Crippen molar-refractivity contribution in [3.05, 3.63) is 58.7 Å². The average molecular weight is 478 g/mol. The van der Waals surface area contributed by atoms with Gasteiger partial charge in [-0.05, 0) is 25.5 Å². The molecule has 0 amide bonds. The van der Waals surface area contributed by atoms with Crippen LogP contribution in [0.1, 0.15) is 54.8 Å². The van der Waals surface area contributed by atoms with Crippen LogP contribution in [0.4, 0.5) is 0 Å². The van der Waals surface area contributed by atoms with Crippen LogP contribution < -0.4 is 9.47 Å². The Kier molecular flexibility index (Phi) is 4.46. The third-order valence-corrected chi connectivity index (χ3v) is 7.93. The molecule has 0 spiro atoms. The van der Waals surface area contributed by atoms with E-state index < -0.39 is 39.9 Å². The maximum atomic E-state index is 14.1. The van der Waals surface area contributed by atoms with E-state index in [9.17, 15) is 19.2 Å². The Balaban J connectivity index is 1.53. The molecule has 1 aliphatic heterocycles. The molecule has 0 radical (unpaired) electrons. The van der Waals surface area contributed by atoms with Crippen LogP contribution in [-0.4, -0.2) is 62.1 Å². The number of rotatable bonds is 6. The molecule has 2 aromatic rings. The average Bonchev–Trinajstić information content (AvgIpc) is 3.51. The Morgan fingerprint density at radius 3 is 2.00 bits per heavy atom. The molecule has 2 fully saturated rings. The van der Waals surface area contributed by atoms with Crippen LogP contribution in [0.3, 0.4) is 0 Å². The second-order valence-electron chi connectivity index (χ2n) is 9.38. The van der Waals surface area contributed by atoms with Gasteiger partial charge in [0.25, 0.3) is 0 Å². The molecule has 0 bridgehead atoms. The number of ketones is 4. The fourth-order valence-electron chi connectivity index (χ4n) is 6.38. The Bertz CT molecular complexity index is 1350. The summed E-state index contributed by atoms with van der Waals surface area (Å²) >= 11 is 0. The maximum Gasteiger partial charge on any atom is 0.203 e. The second kappa shape index (κ2) is 7.07. The molecule has 1 heterocycles. The van der Waals surface area contributed by atoms with Crippen molar-refractivity contribution < 1.29 is 42.9 Å². The highest BCUT2D eigenvalue weighted by molar-refractivity contribution is 6.32. The second-order valence-corrected chi connectivity index (χ2v) is 9.38. The highest BCUT2D eigenvalue weighted by Gasteiger charge is 2.94. The van der Waals surface area contributed by atoms with Gasteiger partial charge in [-0.15, -0.1) is 0 Å². The maximum absolute atomic E-state index is 14.1. The van der Waals surface area contributed by atoms with Gasteiger partial charge in [-0.2, -0.15) is 0 Å². The van der Waals surface area contributed by atoms with Gasteiger partial charge in [0, 0.05) is 31.3 Å². The minimum absolute atomic E-state index is 0.0489. The van der Waals surface area contributed by atoms with E-state index in [-0.39, 0.29) is 59.5 Å². The van der Waals surface area contributed by atoms with Crippen LogP contribution in [0.5, 0.6) is 11.5 Å². The van der Waals surface area contributed by atoms with E-state index in [1.54, 1.807) is 31.2 Å². The zero-order valence-corrected chi connectivity index (χ0v) is 19.3. The summed E-state index contributed by atoms with van der Waals surface area (Å²) in [4.78, 5) is 55.8. The topological polar surface area (TPSA) is 118 Å². The molecule has 0 N–H and O–H groups in total. The van der Waals surface area contributed by atoms with Gasteiger partial charge in [0.05, 0.1) is 16.5 Å².